The van der Waals surface area contributed by atoms with Crippen LogP contribution in [0.15, 0.2) is 42.5 Å². The van der Waals surface area contributed by atoms with Gasteiger partial charge in [0, 0.05) is 30.1 Å². The average Bonchev–Trinajstić information content (AvgIpc) is 2.74. The van der Waals surface area contributed by atoms with Crippen LogP contribution in [0.3, 0.4) is 0 Å². The summed E-state index contributed by atoms with van der Waals surface area (Å²) in [6.07, 6.45) is 1.35. The van der Waals surface area contributed by atoms with E-state index in [1.54, 1.807) is 13.0 Å². The molecule has 0 fully saturated rings. The Bertz CT molecular complexity index is 1200. The first-order valence-corrected chi connectivity index (χ1v) is 14.3. The number of nitrogens with zero attached hydrogens (tertiary/aromatic N) is 2. The van der Waals surface area contributed by atoms with Crippen molar-refractivity contribution in [1.29, 1.82) is 0 Å². The number of benzene rings is 2. The molecule has 0 aliphatic rings. The van der Waals surface area contributed by atoms with Crippen LogP contribution in [0.5, 0.6) is 0 Å². The fourth-order valence-electron chi connectivity index (χ4n) is 3.72. The van der Waals surface area contributed by atoms with Gasteiger partial charge in [0.25, 0.3) is 0 Å². The van der Waals surface area contributed by atoms with E-state index in [1.807, 2.05) is 52.0 Å². The summed E-state index contributed by atoms with van der Waals surface area (Å²) in [7, 11) is -3.68. The number of aryl methyl sites for hydroxylation is 1. The summed E-state index contributed by atoms with van der Waals surface area (Å²) >= 11 is 12.3. The largest absolute Gasteiger partial charge is 0.350 e. The van der Waals surface area contributed by atoms with Crippen molar-refractivity contribution in [2.75, 3.05) is 17.1 Å². The van der Waals surface area contributed by atoms with Crippen LogP contribution in [0, 0.1) is 6.92 Å². The van der Waals surface area contributed by atoms with E-state index in [9.17, 15) is 18.0 Å². The van der Waals surface area contributed by atoms with Gasteiger partial charge in [0.2, 0.25) is 21.8 Å². The van der Waals surface area contributed by atoms with Crippen molar-refractivity contribution in [1.82, 2.24) is 10.2 Å². The Kier molecular flexibility index (Phi) is 10.2. The van der Waals surface area contributed by atoms with Crippen LogP contribution in [0.4, 0.5) is 5.69 Å². The van der Waals surface area contributed by atoms with Crippen molar-refractivity contribution in [3.05, 3.63) is 63.6 Å². The molecule has 1 N–H and O–H groups in total. The SMILES string of the molecule is Cc1cccc(CN(C(=O)CCCN(c2cc(Cl)ccc2Cl)S(C)(=O)=O)C(C)C(=O)NC(C)(C)C)c1. The molecule has 0 aliphatic carbocycles. The number of carbonyl (C=O) groups is 2. The second kappa shape index (κ2) is 12.3. The van der Waals surface area contributed by atoms with Crippen molar-refractivity contribution < 1.29 is 18.0 Å². The van der Waals surface area contributed by atoms with Crippen LogP contribution in [-0.2, 0) is 26.2 Å². The van der Waals surface area contributed by atoms with Crippen molar-refractivity contribution in [3.63, 3.8) is 0 Å². The Balaban J connectivity index is 2.23. The highest BCUT2D eigenvalue weighted by atomic mass is 35.5. The summed E-state index contributed by atoms with van der Waals surface area (Å²) in [5, 5.41) is 3.52. The van der Waals surface area contributed by atoms with Gasteiger partial charge in [0.15, 0.2) is 0 Å². The molecule has 0 aromatic heterocycles. The van der Waals surface area contributed by atoms with E-state index in [0.717, 1.165) is 21.7 Å². The molecule has 2 rings (SSSR count). The monoisotopic (exact) mass is 555 g/mol. The van der Waals surface area contributed by atoms with Crippen LogP contribution in [0.1, 0.15) is 51.7 Å². The number of rotatable bonds is 10. The molecule has 7 nitrogen and oxygen atoms in total. The molecule has 1 unspecified atom stereocenters. The van der Waals surface area contributed by atoms with Gasteiger partial charge in [-0.3, -0.25) is 13.9 Å². The third-order valence-corrected chi connectivity index (χ3v) is 7.16. The maximum atomic E-state index is 13.4. The highest BCUT2D eigenvalue weighted by Gasteiger charge is 2.29. The lowest BCUT2D eigenvalue weighted by atomic mass is 10.1. The number of halogens is 2. The first-order valence-electron chi connectivity index (χ1n) is 11.7. The number of hydrogen-bond donors (Lipinski definition) is 1. The predicted octanol–water partition coefficient (Wildman–Crippen LogP) is 5.18. The molecule has 2 aromatic carbocycles. The maximum Gasteiger partial charge on any atom is 0.242 e. The van der Waals surface area contributed by atoms with Crippen LogP contribution in [-0.4, -0.2) is 49.5 Å². The highest BCUT2D eigenvalue weighted by Crippen LogP contribution is 2.31. The molecule has 2 amide bonds. The fourth-order valence-corrected chi connectivity index (χ4v) is 5.13. The molecule has 36 heavy (non-hydrogen) atoms. The van der Waals surface area contributed by atoms with E-state index < -0.39 is 21.6 Å². The number of carbonyl (C=O) groups excluding carboxylic acids is 2. The lowest BCUT2D eigenvalue weighted by molar-refractivity contribution is -0.141. The second-order valence-electron chi connectivity index (χ2n) is 9.96. The van der Waals surface area contributed by atoms with Gasteiger partial charge in [-0.2, -0.15) is 0 Å². The number of sulfonamides is 1. The van der Waals surface area contributed by atoms with Crippen LogP contribution in [0.25, 0.3) is 0 Å². The molecule has 0 spiro atoms. The quantitative estimate of drug-likeness (QED) is 0.437. The summed E-state index contributed by atoms with van der Waals surface area (Å²) in [5.41, 5.74) is 1.76. The third-order valence-electron chi connectivity index (χ3n) is 5.43. The summed E-state index contributed by atoms with van der Waals surface area (Å²) in [4.78, 5) is 27.8. The van der Waals surface area contributed by atoms with Crippen molar-refractivity contribution in [3.8, 4) is 0 Å². The lowest BCUT2D eigenvalue weighted by Crippen LogP contribution is -2.52. The average molecular weight is 557 g/mol. The normalized spacial score (nSPS) is 12.7. The number of nitrogens with one attached hydrogen (secondary N) is 1. The molecule has 0 heterocycles. The number of amides is 2. The smallest absolute Gasteiger partial charge is 0.242 e. The van der Waals surface area contributed by atoms with Gasteiger partial charge in [-0.25, -0.2) is 8.42 Å². The molecule has 198 valence electrons. The van der Waals surface area contributed by atoms with Gasteiger partial charge >= 0.3 is 0 Å². The molecule has 0 saturated heterocycles. The molecular formula is C26H35Cl2N3O4S. The highest BCUT2D eigenvalue weighted by molar-refractivity contribution is 7.92. The van der Waals surface area contributed by atoms with E-state index >= 15 is 0 Å². The zero-order chi connectivity index (χ0) is 27.3. The van der Waals surface area contributed by atoms with E-state index in [0.29, 0.717) is 5.02 Å². The summed E-state index contributed by atoms with van der Waals surface area (Å²) in [6, 6.07) is 11.6. The topological polar surface area (TPSA) is 86.8 Å². The van der Waals surface area contributed by atoms with Crippen LogP contribution >= 0.6 is 23.2 Å². The minimum absolute atomic E-state index is 0.0332. The molecule has 2 aromatic rings. The Morgan fingerprint density at radius 1 is 1.08 bits per heavy atom. The van der Waals surface area contributed by atoms with Crippen molar-refractivity contribution in [2.24, 2.45) is 0 Å². The molecule has 0 aliphatic heterocycles. The fraction of sp³-hybridized carbons (Fsp3) is 0.462. The van der Waals surface area contributed by atoms with E-state index in [2.05, 4.69) is 5.32 Å². The Morgan fingerprint density at radius 3 is 2.33 bits per heavy atom. The first-order chi connectivity index (χ1) is 16.6. The summed E-state index contributed by atoms with van der Waals surface area (Å²) in [5.74, 6) is -0.509. The lowest BCUT2D eigenvalue weighted by Gasteiger charge is -2.32. The van der Waals surface area contributed by atoms with Crippen LogP contribution < -0.4 is 9.62 Å². The van der Waals surface area contributed by atoms with Gasteiger partial charge < -0.3 is 10.2 Å². The van der Waals surface area contributed by atoms with Crippen molar-refractivity contribution >= 4 is 50.7 Å². The maximum absolute atomic E-state index is 13.4. The van der Waals surface area contributed by atoms with E-state index in [4.69, 9.17) is 23.2 Å². The minimum Gasteiger partial charge on any atom is -0.350 e. The predicted molar refractivity (Wildman–Crippen MR) is 147 cm³/mol. The van der Waals surface area contributed by atoms with Crippen molar-refractivity contribution in [2.45, 2.75) is 65.6 Å². The molecule has 0 saturated carbocycles. The van der Waals surface area contributed by atoms with Gasteiger partial charge in [0.05, 0.1) is 17.0 Å². The number of anilines is 1. The Morgan fingerprint density at radius 2 is 1.75 bits per heavy atom. The van der Waals surface area contributed by atoms with E-state index in [-0.39, 0.29) is 48.5 Å². The van der Waals surface area contributed by atoms with Crippen LogP contribution in [0.2, 0.25) is 10.0 Å². The zero-order valence-corrected chi connectivity index (χ0v) is 24.0. The molecule has 0 radical (unpaired) electrons. The number of hydrogen-bond acceptors (Lipinski definition) is 4. The Labute approximate surface area is 224 Å². The van der Waals surface area contributed by atoms with E-state index in [1.165, 1.54) is 17.0 Å². The zero-order valence-electron chi connectivity index (χ0n) is 21.6. The standard InChI is InChI=1S/C26H35Cl2N3O4S/c1-18-9-7-10-20(15-18)17-30(19(2)25(33)29-26(3,4)5)24(32)11-8-14-31(36(6,34)35)23-16-21(27)12-13-22(23)28/h7,9-10,12-13,15-16,19H,8,11,14,17H2,1-6H3,(H,29,33). The summed E-state index contributed by atoms with van der Waals surface area (Å²) < 4.78 is 26.1. The second-order valence-corrected chi connectivity index (χ2v) is 12.7. The van der Waals surface area contributed by atoms with Gasteiger partial charge in [-0.05, 0) is 64.8 Å². The molecule has 10 heteroatoms. The third kappa shape index (κ3) is 8.98. The summed E-state index contributed by atoms with van der Waals surface area (Å²) in [6.45, 7) is 9.59. The Hall–Kier alpha value is -2.29. The minimum atomic E-state index is -3.68. The first kappa shape index (κ1) is 29.9. The van der Waals surface area contributed by atoms with Gasteiger partial charge in [0.1, 0.15) is 6.04 Å². The molecule has 1 atom stereocenters. The van der Waals surface area contributed by atoms with Gasteiger partial charge in [-0.1, -0.05) is 53.0 Å². The molecular weight excluding hydrogens is 521 g/mol. The van der Waals surface area contributed by atoms with Gasteiger partial charge in [-0.15, -0.1) is 0 Å². The molecule has 0 bridgehead atoms.